The van der Waals surface area contributed by atoms with Gasteiger partial charge in [0.15, 0.2) is 0 Å². The van der Waals surface area contributed by atoms with Gasteiger partial charge in [-0.3, -0.25) is 0 Å². The van der Waals surface area contributed by atoms with Crippen molar-refractivity contribution in [3.8, 4) is 72.8 Å². The Labute approximate surface area is 504 Å². The molecule has 0 radical (unpaired) electrons. The summed E-state index contributed by atoms with van der Waals surface area (Å²) in [6, 6.07) is 102. The van der Waals surface area contributed by atoms with Gasteiger partial charge in [-0.05, 0) is 153 Å². The van der Waals surface area contributed by atoms with E-state index in [0.29, 0.717) is 0 Å². The van der Waals surface area contributed by atoms with Gasteiger partial charge >= 0.3 is 0 Å². The van der Waals surface area contributed by atoms with Gasteiger partial charge in [0, 0.05) is 45.0 Å². The summed E-state index contributed by atoms with van der Waals surface area (Å²) in [5.74, 6) is 1.76. The summed E-state index contributed by atoms with van der Waals surface area (Å²) in [7, 11) is 0. The van der Waals surface area contributed by atoms with E-state index >= 15 is 0 Å². The van der Waals surface area contributed by atoms with Crippen molar-refractivity contribution in [2.24, 2.45) is 0 Å². The van der Waals surface area contributed by atoms with Crippen molar-refractivity contribution in [3.05, 3.63) is 284 Å². The van der Waals surface area contributed by atoms with Crippen LogP contribution in [0.2, 0.25) is 0 Å². The third-order valence-electron chi connectivity index (χ3n) is 18.3. The molecule has 0 amide bonds. The Morgan fingerprint density at radius 3 is 1.33 bits per heavy atom. The van der Waals surface area contributed by atoms with Crippen molar-refractivity contribution in [1.82, 2.24) is 4.57 Å². The molecule has 0 N–H and O–H groups in total. The fourth-order valence-electron chi connectivity index (χ4n) is 14.2. The first kappa shape index (κ1) is 51.5. The number of rotatable bonds is 7. The van der Waals surface area contributed by atoms with Gasteiger partial charge in [0.05, 0.1) is 16.7 Å². The molecule has 14 aromatic rings. The summed E-state index contributed by atoms with van der Waals surface area (Å²) >= 11 is 0. The molecule has 0 aliphatic carbocycles. The van der Waals surface area contributed by atoms with Gasteiger partial charge in [0.25, 0.3) is 6.71 Å². The predicted octanol–water partition coefficient (Wildman–Crippen LogP) is 20.4. The van der Waals surface area contributed by atoms with Crippen molar-refractivity contribution in [2.75, 3.05) is 4.90 Å². The van der Waals surface area contributed by atoms with E-state index in [1.165, 1.54) is 104 Å². The number of nitrogens with zero attached hydrogens (tertiary/aromatic N) is 2. The standard InChI is InChI=1S/C82H63BN2O/c1-81(2,3)56-47-67(53-28-12-8-13-29-53)80(68(48-56)54-30-14-9-15-31-54)85-73-46-55(77-63-36-18-20-38-65(63)78(66-39-21-19-37-64(66)77)62-35-17-16-32-59(62)52-26-10-7-11-27-52)42-44-69(73)83-70-45-43-58(84-71-40-24-22-33-60(71)61-34-23-25-41-72(61)84)51-75(70)86-76-50-57(82(4,5)6)49-74(85)79(76)83/h7-51H,1-6H3. The Hall–Kier alpha value is -10.2. The average Bonchev–Trinajstić information content (AvgIpc) is 0.915. The number of hydrogen-bond donors (Lipinski definition) is 0. The second-order valence-corrected chi connectivity index (χ2v) is 25.5. The SMILES string of the molecule is CC(C)(C)c1cc(-c2ccccc2)c(N2c3cc(-c4c5ccccc5c(-c5ccccc5-c5ccccc5)c5ccccc45)ccc3B3c4ccc(-n5c6ccccc6c6ccccc65)cc4Oc4cc(C(C)(C)C)cc2c43)c(-c2ccccc2)c1. The molecular formula is C82H63BN2O. The van der Waals surface area contributed by atoms with Crippen molar-refractivity contribution in [2.45, 2.75) is 52.4 Å². The van der Waals surface area contributed by atoms with Crippen LogP contribution in [0.1, 0.15) is 52.7 Å². The van der Waals surface area contributed by atoms with Crippen LogP contribution in [-0.2, 0) is 10.8 Å². The highest BCUT2D eigenvalue weighted by molar-refractivity contribution is 6.99. The molecule has 0 spiro atoms. The van der Waals surface area contributed by atoms with Gasteiger partial charge in [-0.1, -0.05) is 260 Å². The quantitative estimate of drug-likeness (QED) is 0.117. The normalized spacial score (nSPS) is 12.8. The Morgan fingerprint density at radius 1 is 0.326 bits per heavy atom. The number of para-hydroxylation sites is 2. The van der Waals surface area contributed by atoms with Crippen molar-refractivity contribution in [1.29, 1.82) is 0 Å². The highest BCUT2D eigenvalue weighted by Gasteiger charge is 2.44. The van der Waals surface area contributed by atoms with E-state index in [4.69, 9.17) is 4.74 Å². The van der Waals surface area contributed by atoms with E-state index in [9.17, 15) is 0 Å². The minimum atomic E-state index is -0.234. The monoisotopic (exact) mass is 1100 g/mol. The van der Waals surface area contributed by atoms with Crippen LogP contribution in [0, 0.1) is 0 Å². The van der Waals surface area contributed by atoms with Gasteiger partial charge in [-0.15, -0.1) is 0 Å². The van der Waals surface area contributed by atoms with Gasteiger partial charge in [-0.2, -0.15) is 0 Å². The first-order valence-corrected chi connectivity index (χ1v) is 30.3. The van der Waals surface area contributed by atoms with Crippen LogP contribution in [0.15, 0.2) is 273 Å². The molecule has 1 aromatic heterocycles. The lowest BCUT2D eigenvalue weighted by Crippen LogP contribution is -2.59. The maximum atomic E-state index is 7.55. The average molecular weight is 1100 g/mol. The number of hydrogen-bond acceptors (Lipinski definition) is 2. The minimum absolute atomic E-state index is 0.152. The summed E-state index contributed by atoms with van der Waals surface area (Å²) in [6.07, 6.45) is 0. The van der Waals surface area contributed by atoms with Gasteiger partial charge in [-0.25, -0.2) is 0 Å². The molecule has 0 unspecified atom stereocenters. The number of benzene rings is 13. The van der Waals surface area contributed by atoms with Crippen molar-refractivity contribution < 1.29 is 4.74 Å². The summed E-state index contributed by atoms with van der Waals surface area (Å²) in [4.78, 5) is 2.65. The molecule has 86 heavy (non-hydrogen) atoms. The first-order valence-electron chi connectivity index (χ1n) is 30.3. The zero-order valence-corrected chi connectivity index (χ0v) is 49.4. The van der Waals surface area contributed by atoms with Gasteiger partial charge in [0.2, 0.25) is 0 Å². The highest BCUT2D eigenvalue weighted by atomic mass is 16.5. The number of aromatic nitrogens is 1. The van der Waals surface area contributed by atoms with E-state index in [2.05, 4.69) is 324 Å². The molecule has 2 aliphatic heterocycles. The smallest absolute Gasteiger partial charge is 0.256 e. The number of anilines is 3. The largest absolute Gasteiger partial charge is 0.458 e. The number of fused-ring (bicyclic) bond motifs is 9. The summed E-state index contributed by atoms with van der Waals surface area (Å²) in [5.41, 5.74) is 24.4. The molecule has 13 aromatic carbocycles. The van der Waals surface area contributed by atoms with E-state index in [1.807, 2.05) is 0 Å². The van der Waals surface area contributed by atoms with Crippen LogP contribution in [0.25, 0.3) is 105 Å². The van der Waals surface area contributed by atoms with E-state index < -0.39 is 0 Å². The molecule has 2 aliphatic rings. The molecule has 0 bridgehead atoms. The molecule has 0 saturated heterocycles. The van der Waals surface area contributed by atoms with E-state index in [0.717, 1.165) is 56.4 Å². The molecule has 0 fully saturated rings. The molecule has 0 atom stereocenters. The minimum Gasteiger partial charge on any atom is -0.458 e. The lowest BCUT2D eigenvalue weighted by molar-refractivity contribution is 0.483. The summed E-state index contributed by atoms with van der Waals surface area (Å²) < 4.78 is 9.95. The zero-order valence-electron chi connectivity index (χ0n) is 49.4. The predicted molar refractivity (Wildman–Crippen MR) is 366 cm³/mol. The second kappa shape index (κ2) is 19.7. The van der Waals surface area contributed by atoms with Crippen molar-refractivity contribution >= 4 is 83.5 Å². The zero-order chi connectivity index (χ0) is 58.0. The third-order valence-corrected chi connectivity index (χ3v) is 18.3. The lowest BCUT2D eigenvalue weighted by Gasteiger charge is -2.43. The van der Waals surface area contributed by atoms with Crippen LogP contribution in [0.3, 0.4) is 0 Å². The third kappa shape index (κ3) is 8.18. The molecule has 3 heterocycles. The fraction of sp³-hybridized carbons (Fsp3) is 0.0976. The molecule has 0 saturated carbocycles. The topological polar surface area (TPSA) is 17.4 Å². The molecular weight excluding hydrogens is 1040 g/mol. The van der Waals surface area contributed by atoms with Crippen LogP contribution >= 0.6 is 0 Å². The Kier molecular flexibility index (Phi) is 11.8. The highest BCUT2D eigenvalue weighted by Crippen LogP contribution is 2.53. The van der Waals surface area contributed by atoms with Crippen LogP contribution in [0.5, 0.6) is 11.5 Å². The molecule has 16 rings (SSSR count). The molecule has 410 valence electrons. The Bertz CT molecular complexity index is 4870. The van der Waals surface area contributed by atoms with Crippen LogP contribution in [-0.4, -0.2) is 11.3 Å². The van der Waals surface area contributed by atoms with E-state index in [1.54, 1.807) is 0 Å². The Morgan fingerprint density at radius 2 is 0.779 bits per heavy atom. The maximum Gasteiger partial charge on any atom is 0.256 e. The second-order valence-electron chi connectivity index (χ2n) is 25.5. The maximum absolute atomic E-state index is 7.55. The summed E-state index contributed by atoms with van der Waals surface area (Å²) in [6.45, 7) is 13.8. The Balaban J connectivity index is 1.02. The molecule has 4 heteroatoms. The van der Waals surface area contributed by atoms with Crippen LogP contribution in [0.4, 0.5) is 17.1 Å². The first-order chi connectivity index (χ1) is 42.0. The van der Waals surface area contributed by atoms with Gasteiger partial charge < -0.3 is 14.2 Å². The fourth-order valence-corrected chi connectivity index (χ4v) is 14.2. The number of ether oxygens (including phenoxy) is 1. The van der Waals surface area contributed by atoms with Crippen LogP contribution < -0.4 is 26.0 Å². The molecule has 3 nitrogen and oxygen atoms in total. The van der Waals surface area contributed by atoms with Crippen molar-refractivity contribution in [3.63, 3.8) is 0 Å². The van der Waals surface area contributed by atoms with Gasteiger partial charge in [0.1, 0.15) is 11.5 Å². The van der Waals surface area contributed by atoms with E-state index in [-0.39, 0.29) is 17.5 Å². The lowest BCUT2D eigenvalue weighted by atomic mass is 9.34. The summed E-state index contributed by atoms with van der Waals surface area (Å²) in [5, 5.41) is 7.33.